The van der Waals surface area contributed by atoms with E-state index in [4.69, 9.17) is 20.8 Å². The quantitative estimate of drug-likeness (QED) is 0.547. The number of hydrogen-bond donors (Lipinski definition) is 0. The first kappa shape index (κ1) is 23.4. The summed E-state index contributed by atoms with van der Waals surface area (Å²) in [6, 6.07) is 11.6. The number of halogens is 1. The fourth-order valence-electron chi connectivity index (χ4n) is 3.81. The second-order valence-electron chi connectivity index (χ2n) is 8.20. The number of benzene rings is 1. The Morgan fingerprint density at radius 2 is 2.00 bits per heavy atom. The van der Waals surface area contributed by atoms with Crippen molar-refractivity contribution in [1.82, 2.24) is 9.80 Å². The van der Waals surface area contributed by atoms with Crippen molar-refractivity contribution in [3.05, 3.63) is 58.5 Å². The van der Waals surface area contributed by atoms with Gasteiger partial charge in [-0.3, -0.25) is 14.5 Å². The van der Waals surface area contributed by atoms with Gasteiger partial charge in [0.1, 0.15) is 5.76 Å². The standard InChI is InChI=1S/C24H31ClN2O4/c1-4-30-24(29)19-9-7-13-26(15-19)23(28)22-12-11-20(31-22)16-27(17(2)3)14-18-8-5-6-10-21(18)25/h5-6,8,10-12,17,19H,4,7,9,13-16H2,1-3H3. The topological polar surface area (TPSA) is 63.0 Å². The molecule has 2 heterocycles. The summed E-state index contributed by atoms with van der Waals surface area (Å²) in [5.74, 6) is 0.359. The lowest BCUT2D eigenvalue weighted by atomic mass is 9.98. The largest absolute Gasteiger partial charge is 0.466 e. The Morgan fingerprint density at radius 1 is 1.23 bits per heavy atom. The molecule has 0 radical (unpaired) electrons. The summed E-state index contributed by atoms with van der Waals surface area (Å²) in [4.78, 5) is 28.9. The number of likely N-dealkylation sites (tertiary alicyclic amines) is 1. The minimum Gasteiger partial charge on any atom is -0.466 e. The molecule has 0 saturated carbocycles. The zero-order valence-corrected chi connectivity index (χ0v) is 19.2. The van der Waals surface area contributed by atoms with Gasteiger partial charge in [0.05, 0.1) is 19.1 Å². The number of esters is 1. The maximum atomic E-state index is 12.9. The molecule has 0 spiro atoms. The summed E-state index contributed by atoms with van der Waals surface area (Å²) in [5, 5.41) is 0.740. The van der Waals surface area contributed by atoms with E-state index in [1.807, 2.05) is 30.3 Å². The molecule has 1 aromatic carbocycles. The summed E-state index contributed by atoms with van der Waals surface area (Å²) in [6.07, 6.45) is 1.53. The van der Waals surface area contributed by atoms with Gasteiger partial charge in [-0.15, -0.1) is 0 Å². The van der Waals surface area contributed by atoms with Crippen LogP contribution >= 0.6 is 11.6 Å². The second kappa shape index (κ2) is 10.8. The third-order valence-electron chi connectivity index (χ3n) is 5.62. The summed E-state index contributed by atoms with van der Waals surface area (Å²) in [7, 11) is 0. The van der Waals surface area contributed by atoms with Gasteiger partial charge in [-0.25, -0.2) is 0 Å². The van der Waals surface area contributed by atoms with E-state index in [9.17, 15) is 9.59 Å². The molecule has 7 heteroatoms. The third kappa shape index (κ3) is 6.11. The molecule has 0 N–H and O–H groups in total. The van der Waals surface area contributed by atoms with E-state index in [2.05, 4.69) is 18.7 Å². The van der Waals surface area contributed by atoms with Crippen LogP contribution in [0.5, 0.6) is 0 Å². The minimum atomic E-state index is -0.265. The lowest BCUT2D eigenvalue weighted by Gasteiger charge is -2.31. The van der Waals surface area contributed by atoms with E-state index in [0.717, 1.165) is 29.2 Å². The summed E-state index contributed by atoms with van der Waals surface area (Å²) in [5.41, 5.74) is 1.05. The van der Waals surface area contributed by atoms with Gasteiger partial charge in [0, 0.05) is 30.7 Å². The highest BCUT2D eigenvalue weighted by molar-refractivity contribution is 6.31. The predicted octanol–water partition coefficient (Wildman–Crippen LogP) is 4.76. The monoisotopic (exact) mass is 446 g/mol. The van der Waals surface area contributed by atoms with Gasteiger partial charge in [-0.05, 0) is 57.4 Å². The first-order valence-corrected chi connectivity index (χ1v) is 11.3. The molecule has 1 saturated heterocycles. The van der Waals surface area contributed by atoms with E-state index in [1.165, 1.54) is 0 Å². The van der Waals surface area contributed by atoms with Crippen LogP contribution in [0, 0.1) is 5.92 Å². The number of rotatable bonds is 8. The van der Waals surface area contributed by atoms with Crippen molar-refractivity contribution in [1.29, 1.82) is 0 Å². The van der Waals surface area contributed by atoms with Crippen LogP contribution in [-0.4, -0.2) is 47.4 Å². The number of piperidine rings is 1. The van der Waals surface area contributed by atoms with Crippen LogP contribution in [0.1, 0.15) is 55.5 Å². The van der Waals surface area contributed by atoms with Crippen molar-refractivity contribution in [2.75, 3.05) is 19.7 Å². The molecule has 0 aliphatic carbocycles. The van der Waals surface area contributed by atoms with Crippen LogP contribution in [0.4, 0.5) is 0 Å². The molecule has 168 valence electrons. The predicted molar refractivity (Wildman–Crippen MR) is 120 cm³/mol. The number of nitrogens with zero attached hydrogens (tertiary/aromatic N) is 2. The molecule has 6 nitrogen and oxygen atoms in total. The normalized spacial score (nSPS) is 16.7. The SMILES string of the molecule is CCOC(=O)C1CCCN(C(=O)c2ccc(CN(Cc3ccccc3Cl)C(C)C)o2)C1. The van der Waals surface area contributed by atoms with Crippen LogP contribution in [0.25, 0.3) is 0 Å². The van der Waals surface area contributed by atoms with E-state index in [1.54, 1.807) is 17.9 Å². The van der Waals surface area contributed by atoms with Gasteiger partial charge in [0.2, 0.25) is 0 Å². The van der Waals surface area contributed by atoms with Crippen molar-refractivity contribution in [2.45, 2.75) is 52.7 Å². The average Bonchev–Trinajstić information content (AvgIpc) is 3.23. The molecule has 1 fully saturated rings. The second-order valence-corrected chi connectivity index (χ2v) is 8.61. The molecule has 1 aromatic heterocycles. The third-order valence-corrected chi connectivity index (χ3v) is 5.99. The minimum absolute atomic E-state index is 0.178. The molecular formula is C24H31ClN2O4. The molecule has 0 bridgehead atoms. The number of carbonyl (C=O) groups excluding carboxylic acids is 2. The van der Waals surface area contributed by atoms with E-state index < -0.39 is 0 Å². The summed E-state index contributed by atoms with van der Waals surface area (Å²) < 4.78 is 11.0. The fraction of sp³-hybridized carbons (Fsp3) is 0.500. The zero-order chi connectivity index (χ0) is 22.4. The van der Waals surface area contributed by atoms with Gasteiger partial charge in [-0.2, -0.15) is 0 Å². The lowest BCUT2D eigenvalue weighted by molar-refractivity contribution is -0.149. The molecule has 1 aliphatic heterocycles. The Balaban J connectivity index is 1.65. The van der Waals surface area contributed by atoms with E-state index >= 15 is 0 Å². The maximum absolute atomic E-state index is 12.9. The molecule has 31 heavy (non-hydrogen) atoms. The zero-order valence-electron chi connectivity index (χ0n) is 18.5. The van der Waals surface area contributed by atoms with Gasteiger partial charge >= 0.3 is 5.97 Å². The highest BCUT2D eigenvalue weighted by Crippen LogP contribution is 2.23. The number of hydrogen-bond acceptors (Lipinski definition) is 5. The van der Waals surface area contributed by atoms with Crippen molar-refractivity contribution in [3.8, 4) is 0 Å². The Kier molecular flexibility index (Phi) is 8.15. The van der Waals surface area contributed by atoms with Gasteiger partial charge < -0.3 is 14.1 Å². The average molecular weight is 447 g/mol. The van der Waals surface area contributed by atoms with Crippen LogP contribution in [0.15, 0.2) is 40.8 Å². The first-order chi connectivity index (χ1) is 14.9. The van der Waals surface area contributed by atoms with Crippen molar-refractivity contribution in [2.24, 2.45) is 5.92 Å². The lowest BCUT2D eigenvalue weighted by Crippen LogP contribution is -2.42. The van der Waals surface area contributed by atoms with Gasteiger partial charge in [0.15, 0.2) is 5.76 Å². The Hall–Kier alpha value is -2.31. The van der Waals surface area contributed by atoms with E-state index in [-0.39, 0.29) is 23.8 Å². The van der Waals surface area contributed by atoms with Crippen molar-refractivity contribution >= 4 is 23.5 Å². The van der Waals surface area contributed by atoms with Gasteiger partial charge in [0.25, 0.3) is 5.91 Å². The summed E-state index contributed by atoms with van der Waals surface area (Å²) >= 11 is 6.33. The molecule has 1 atom stereocenters. The highest BCUT2D eigenvalue weighted by atomic mass is 35.5. The Bertz CT molecular complexity index is 895. The van der Waals surface area contributed by atoms with Crippen LogP contribution in [0.3, 0.4) is 0 Å². The molecular weight excluding hydrogens is 416 g/mol. The van der Waals surface area contributed by atoms with Crippen LogP contribution in [0.2, 0.25) is 5.02 Å². The molecule has 2 aromatic rings. The first-order valence-electron chi connectivity index (χ1n) is 10.9. The smallest absolute Gasteiger partial charge is 0.310 e. The Labute approximate surface area is 189 Å². The fourth-order valence-corrected chi connectivity index (χ4v) is 4.01. The van der Waals surface area contributed by atoms with Crippen molar-refractivity contribution in [3.63, 3.8) is 0 Å². The van der Waals surface area contributed by atoms with Gasteiger partial charge in [-0.1, -0.05) is 29.8 Å². The molecule has 1 unspecified atom stereocenters. The number of ether oxygens (including phenoxy) is 1. The molecule has 1 aliphatic rings. The van der Waals surface area contributed by atoms with E-state index in [0.29, 0.717) is 38.5 Å². The molecule has 3 rings (SSSR count). The molecule has 1 amide bonds. The van der Waals surface area contributed by atoms with Crippen molar-refractivity contribution < 1.29 is 18.7 Å². The van der Waals surface area contributed by atoms with Crippen LogP contribution < -0.4 is 0 Å². The van der Waals surface area contributed by atoms with Crippen LogP contribution in [-0.2, 0) is 22.6 Å². The highest BCUT2D eigenvalue weighted by Gasteiger charge is 2.31. The number of carbonyl (C=O) groups is 2. The maximum Gasteiger partial charge on any atom is 0.310 e. The number of furan rings is 1. The Morgan fingerprint density at radius 3 is 2.71 bits per heavy atom. The number of amides is 1. The summed E-state index contributed by atoms with van der Waals surface area (Å²) in [6.45, 7) is 8.64.